The molecule has 2 rings (SSSR count). The van der Waals surface area contributed by atoms with Crippen LogP contribution < -0.4 is 10.9 Å². The van der Waals surface area contributed by atoms with Crippen LogP contribution in [-0.2, 0) is 9.59 Å². The molecule has 0 bridgehead atoms. The number of nitrogens with one attached hydrogen (secondary N) is 2. The van der Waals surface area contributed by atoms with Crippen molar-refractivity contribution in [3.8, 4) is 0 Å². The van der Waals surface area contributed by atoms with Gasteiger partial charge in [0, 0.05) is 12.1 Å². The molecule has 1 unspecified atom stereocenters. The summed E-state index contributed by atoms with van der Waals surface area (Å²) in [6.45, 7) is 1.74. The Kier molecular flexibility index (Phi) is 4.76. The average Bonchev–Trinajstić information content (AvgIpc) is 2.78. The Bertz CT molecular complexity index is 595. The van der Waals surface area contributed by atoms with E-state index in [-0.39, 0.29) is 30.0 Å². The number of rotatable bonds is 5. The standard InChI is InChI=1S/C14H15FN4O2/c1-9-12(14(21)19-17-9)6-7-13(20)18-16-8-10-2-4-11(15)5-3-10/h2-5,8,12H,6-7H2,1H3,(H,18,20)(H,19,21). The highest BCUT2D eigenvalue weighted by atomic mass is 19.1. The van der Waals surface area contributed by atoms with E-state index in [1.165, 1.54) is 18.3 Å². The number of hydrogen-bond acceptors (Lipinski definition) is 4. The summed E-state index contributed by atoms with van der Waals surface area (Å²) in [5.41, 5.74) is 6.09. The zero-order valence-corrected chi connectivity index (χ0v) is 11.5. The van der Waals surface area contributed by atoms with Crippen LogP contribution in [0.2, 0.25) is 0 Å². The second kappa shape index (κ2) is 6.74. The lowest BCUT2D eigenvalue weighted by Crippen LogP contribution is -2.25. The summed E-state index contributed by atoms with van der Waals surface area (Å²) >= 11 is 0. The molecule has 0 aromatic heterocycles. The molecule has 2 amide bonds. The molecule has 1 aliphatic heterocycles. The minimum absolute atomic E-state index is 0.172. The molecule has 1 heterocycles. The maximum Gasteiger partial charge on any atom is 0.248 e. The zero-order chi connectivity index (χ0) is 15.2. The largest absolute Gasteiger partial charge is 0.273 e. The van der Waals surface area contributed by atoms with Gasteiger partial charge in [-0.05, 0) is 31.0 Å². The first-order chi connectivity index (χ1) is 10.1. The fourth-order valence-corrected chi connectivity index (χ4v) is 1.89. The van der Waals surface area contributed by atoms with Gasteiger partial charge in [0.15, 0.2) is 0 Å². The molecule has 1 aromatic carbocycles. The van der Waals surface area contributed by atoms with E-state index in [4.69, 9.17) is 0 Å². The Morgan fingerprint density at radius 1 is 1.48 bits per heavy atom. The van der Waals surface area contributed by atoms with Crippen molar-refractivity contribution in [3.63, 3.8) is 0 Å². The molecule has 0 fully saturated rings. The molecule has 1 aromatic rings. The van der Waals surface area contributed by atoms with Gasteiger partial charge in [0.25, 0.3) is 0 Å². The summed E-state index contributed by atoms with van der Waals surface area (Å²) in [7, 11) is 0. The summed E-state index contributed by atoms with van der Waals surface area (Å²) in [5, 5.41) is 7.59. The van der Waals surface area contributed by atoms with E-state index in [0.29, 0.717) is 17.7 Å². The van der Waals surface area contributed by atoms with Gasteiger partial charge < -0.3 is 0 Å². The molecule has 21 heavy (non-hydrogen) atoms. The summed E-state index contributed by atoms with van der Waals surface area (Å²) < 4.78 is 12.7. The molecule has 0 saturated heterocycles. The van der Waals surface area contributed by atoms with Crippen LogP contribution in [-0.4, -0.2) is 23.7 Å². The number of hydrogen-bond donors (Lipinski definition) is 2. The highest BCUT2D eigenvalue weighted by Crippen LogP contribution is 2.13. The van der Waals surface area contributed by atoms with Crippen molar-refractivity contribution in [2.45, 2.75) is 19.8 Å². The molecule has 0 aliphatic carbocycles. The third-order valence-electron chi connectivity index (χ3n) is 3.10. The van der Waals surface area contributed by atoms with Gasteiger partial charge in [-0.2, -0.15) is 10.2 Å². The second-order valence-electron chi connectivity index (χ2n) is 4.67. The number of hydrazone groups is 2. The molecule has 110 valence electrons. The highest BCUT2D eigenvalue weighted by molar-refractivity contribution is 6.07. The molecule has 6 nitrogen and oxygen atoms in total. The molecular weight excluding hydrogens is 275 g/mol. The Morgan fingerprint density at radius 2 is 2.19 bits per heavy atom. The highest BCUT2D eigenvalue weighted by Gasteiger charge is 2.26. The van der Waals surface area contributed by atoms with Crippen LogP contribution in [0.1, 0.15) is 25.3 Å². The summed E-state index contributed by atoms with van der Waals surface area (Å²) in [5.74, 6) is -1.16. The molecule has 0 saturated carbocycles. The van der Waals surface area contributed by atoms with Gasteiger partial charge in [0.2, 0.25) is 11.8 Å². The van der Waals surface area contributed by atoms with Gasteiger partial charge in [0.1, 0.15) is 5.82 Å². The SMILES string of the molecule is CC1=NNC(=O)C1CCC(=O)NN=Cc1ccc(F)cc1. The number of carbonyl (C=O) groups excluding carboxylic acids is 2. The molecule has 2 N–H and O–H groups in total. The van der Waals surface area contributed by atoms with E-state index in [1.807, 2.05) is 0 Å². The first-order valence-electron chi connectivity index (χ1n) is 6.48. The van der Waals surface area contributed by atoms with Crippen LogP contribution in [0.25, 0.3) is 0 Å². The summed E-state index contributed by atoms with van der Waals surface area (Å²) in [6.07, 6.45) is 1.98. The number of halogens is 1. The van der Waals surface area contributed by atoms with E-state index in [2.05, 4.69) is 21.1 Å². The van der Waals surface area contributed by atoms with Gasteiger partial charge in [-0.25, -0.2) is 15.2 Å². The first kappa shape index (κ1) is 14.8. The van der Waals surface area contributed by atoms with Gasteiger partial charge in [-0.3, -0.25) is 9.59 Å². The summed E-state index contributed by atoms with van der Waals surface area (Å²) in [6, 6.07) is 5.72. The van der Waals surface area contributed by atoms with Crippen molar-refractivity contribution in [2.75, 3.05) is 0 Å². The van der Waals surface area contributed by atoms with Crippen molar-refractivity contribution in [3.05, 3.63) is 35.6 Å². The number of benzene rings is 1. The molecule has 7 heteroatoms. The minimum atomic E-state index is -0.350. The lowest BCUT2D eigenvalue weighted by molar-refractivity contribution is -0.123. The monoisotopic (exact) mass is 290 g/mol. The molecule has 1 atom stereocenters. The smallest absolute Gasteiger partial charge is 0.248 e. The fraction of sp³-hybridized carbons (Fsp3) is 0.286. The average molecular weight is 290 g/mol. The molecule has 1 aliphatic rings. The molecule has 0 spiro atoms. The normalized spacial score (nSPS) is 17.7. The number of carbonyl (C=O) groups is 2. The van der Waals surface area contributed by atoms with E-state index >= 15 is 0 Å². The first-order valence-corrected chi connectivity index (χ1v) is 6.48. The molecular formula is C14H15FN4O2. The van der Waals surface area contributed by atoms with E-state index < -0.39 is 0 Å². The van der Waals surface area contributed by atoms with Crippen LogP contribution in [0.3, 0.4) is 0 Å². The summed E-state index contributed by atoms with van der Waals surface area (Å²) in [4.78, 5) is 23.0. The predicted octanol–water partition coefficient (Wildman–Crippen LogP) is 1.18. The molecule has 0 radical (unpaired) electrons. The van der Waals surface area contributed by atoms with Crippen molar-refractivity contribution in [1.82, 2.24) is 10.9 Å². The van der Waals surface area contributed by atoms with Crippen LogP contribution in [0.4, 0.5) is 4.39 Å². The zero-order valence-electron chi connectivity index (χ0n) is 11.5. The number of amides is 2. The maximum absolute atomic E-state index is 12.7. The van der Waals surface area contributed by atoms with E-state index in [0.717, 1.165) is 0 Å². The van der Waals surface area contributed by atoms with Crippen LogP contribution in [0, 0.1) is 11.7 Å². The van der Waals surface area contributed by atoms with E-state index in [1.54, 1.807) is 19.1 Å². The van der Waals surface area contributed by atoms with Crippen molar-refractivity contribution in [2.24, 2.45) is 16.1 Å². The Hall–Kier alpha value is -2.57. The van der Waals surface area contributed by atoms with Crippen molar-refractivity contribution >= 4 is 23.7 Å². The maximum atomic E-state index is 12.7. The third-order valence-corrected chi connectivity index (χ3v) is 3.10. The quantitative estimate of drug-likeness (QED) is 0.630. The van der Waals surface area contributed by atoms with Gasteiger partial charge in [0.05, 0.1) is 12.1 Å². The van der Waals surface area contributed by atoms with Crippen molar-refractivity contribution < 1.29 is 14.0 Å². The van der Waals surface area contributed by atoms with Gasteiger partial charge in [-0.1, -0.05) is 12.1 Å². The predicted molar refractivity (Wildman–Crippen MR) is 76.1 cm³/mol. The van der Waals surface area contributed by atoms with E-state index in [9.17, 15) is 14.0 Å². The Morgan fingerprint density at radius 3 is 2.81 bits per heavy atom. The number of nitrogens with zero attached hydrogens (tertiary/aromatic N) is 2. The fourth-order valence-electron chi connectivity index (χ4n) is 1.89. The topological polar surface area (TPSA) is 82.9 Å². The van der Waals surface area contributed by atoms with Crippen LogP contribution in [0.15, 0.2) is 34.5 Å². The third kappa shape index (κ3) is 4.20. The van der Waals surface area contributed by atoms with Gasteiger partial charge in [-0.15, -0.1) is 0 Å². The van der Waals surface area contributed by atoms with Gasteiger partial charge >= 0.3 is 0 Å². The van der Waals surface area contributed by atoms with Crippen LogP contribution in [0.5, 0.6) is 0 Å². The lowest BCUT2D eigenvalue weighted by atomic mass is 9.99. The Balaban J connectivity index is 1.76. The van der Waals surface area contributed by atoms with Crippen LogP contribution >= 0.6 is 0 Å². The van der Waals surface area contributed by atoms with Crippen molar-refractivity contribution in [1.29, 1.82) is 0 Å². The minimum Gasteiger partial charge on any atom is -0.273 e. The second-order valence-corrected chi connectivity index (χ2v) is 4.67. The Labute approximate surface area is 121 Å². The lowest BCUT2D eigenvalue weighted by Gasteiger charge is -2.06.